The molecule has 124 valence electrons. The first kappa shape index (κ1) is 20.1. The van der Waals surface area contributed by atoms with Gasteiger partial charge >= 0.3 is 0 Å². The normalized spacial score (nSPS) is 19.0. The average Bonchev–Trinajstić information content (AvgIpc) is 2.95. The molecule has 0 aromatic carbocycles. The van der Waals surface area contributed by atoms with Crippen LogP contribution >= 0.6 is 12.4 Å². The smallest absolute Gasteiger partial charge is 0.245 e. The summed E-state index contributed by atoms with van der Waals surface area (Å²) in [6.45, 7) is 6.23. The van der Waals surface area contributed by atoms with E-state index in [2.05, 4.69) is 0 Å². The molecule has 1 saturated heterocycles. The molecule has 2 unspecified atom stereocenters. The van der Waals surface area contributed by atoms with E-state index in [0.717, 1.165) is 12.8 Å². The monoisotopic (exact) mass is 321 g/mol. The first-order valence-corrected chi connectivity index (χ1v) is 7.40. The van der Waals surface area contributed by atoms with Gasteiger partial charge in [0.1, 0.15) is 6.04 Å². The third-order valence-corrected chi connectivity index (χ3v) is 3.93. The molecule has 1 fully saturated rings. The van der Waals surface area contributed by atoms with Gasteiger partial charge < -0.3 is 20.3 Å². The fraction of sp³-hybridized carbons (Fsp3) is 0.857. The predicted molar refractivity (Wildman–Crippen MR) is 84.4 cm³/mol. The number of hydrogen-bond donors (Lipinski definition) is 1. The Morgan fingerprint density at radius 1 is 1.38 bits per heavy atom. The Labute approximate surface area is 133 Å². The van der Waals surface area contributed by atoms with Crippen molar-refractivity contribution in [3.63, 3.8) is 0 Å². The zero-order chi connectivity index (χ0) is 15.1. The molecule has 2 amide bonds. The topological polar surface area (TPSA) is 75.9 Å². The largest absolute Gasteiger partial charge is 0.380 e. The molecule has 0 aromatic heterocycles. The second-order valence-electron chi connectivity index (χ2n) is 5.05. The van der Waals surface area contributed by atoms with E-state index in [1.54, 1.807) is 16.9 Å². The third kappa shape index (κ3) is 5.13. The molecule has 2 N–H and O–H groups in total. The second-order valence-corrected chi connectivity index (χ2v) is 5.05. The minimum Gasteiger partial charge on any atom is -0.380 e. The van der Waals surface area contributed by atoms with Crippen molar-refractivity contribution in [2.75, 3.05) is 33.3 Å². The summed E-state index contributed by atoms with van der Waals surface area (Å²) in [6.07, 6.45) is 1.60. The van der Waals surface area contributed by atoms with Gasteiger partial charge in [-0.3, -0.25) is 9.59 Å². The van der Waals surface area contributed by atoms with Crippen LogP contribution in [0.15, 0.2) is 0 Å². The fourth-order valence-electron chi connectivity index (χ4n) is 2.64. The van der Waals surface area contributed by atoms with Crippen LogP contribution in [0.2, 0.25) is 0 Å². The van der Waals surface area contributed by atoms with Gasteiger partial charge in [-0.25, -0.2) is 0 Å². The second kappa shape index (κ2) is 9.97. The molecular formula is C14H28ClN3O3. The zero-order valence-corrected chi connectivity index (χ0v) is 14.0. The Hall–Kier alpha value is -0.850. The van der Waals surface area contributed by atoms with E-state index >= 15 is 0 Å². The van der Waals surface area contributed by atoms with E-state index in [4.69, 9.17) is 10.5 Å². The highest BCUT2D eigenvalue weighted by Crippen LogP contribution is 2.21. The molecule has 0 aromatic rings. The minimum absolute atomic E-state index is 0. The number of carbonyl (C=O) groups excluding carboxylic acids is 2. The molecule has 0 saturated carbocycles. The van der Waals surface area contributed by atoms with Crippen molar-refractivity contribution in [3.8, 4) is 0 Å². The van der Waals surface area contributed by atoms with Gasteiger partial charge in [0.05, 0.1) is 12.5 Å². The number of nitrogens with zero attached hydrogens (tertiary/aromatic N) is 2. The van der Waals surface area contributed by atoms with Gasteiger partial charge in [0.2, 0.25) is 11.8 Å². The molecule has 1 rings (SSSR count). The summed E-state index contributed by atoms with van der Waals surface area (Å²) in [5, 5.41) is 0. The molecule has 0 bridgehead atoms. The van der Waals surface area contributed by atoms with Gasteiger partial charge in [-0.05, 0) is 26.7 Å². The van der Waals surface area contributed by atoms with Crippen LogP contribution in [0.1, 0.15) is 33.1 Å². The van der Waals surface area contributed by atoms with Gasteiger partial charge in [0, 0.05) is 33.3 Å². The Kier molecular flexibility index (Phi) is 9.57. The Bertz CT molecular complexity index is 333. The maximum absolute atomic E-state index is 12.4. The number of methoxy groups -OCH3 is 1. The van der Waals surface area contributed by atoms with Gasteiger partial charge in [0.15, 0.2) is 0 Å². The van der Waals surface area contributed by atoms with E-state index in [1.807, 2.05) is 13.8 Å². The van der Waals surface area contributed by atoms with Crippen LogP contribution in [0, 0.1) is 0 Å². The van der Waals surface area contributed by atoms with Crippen LogP contribution in [-0.2, 0) is 14.3 Å². The van der Waals surface area contributed by atoms with Crippen molar-refractivity contribution >= 4 is 24.2 Å². The fourth-order valence-corrected chi connectivity index (χ4v) is 2.64. The zero-order valence-electron chi connectivity index (χ0n) is 13.2. The Morgan fingerprint density at radius 2 is 2.00 bits per heavy atom. The summed E-state index contributed by atoms with van der Waals surface area (Å²) in [5.74, 6) is 0.0212. The maximum Gasteiger partial charge on any atom is 0.245 e. The first-order valence-electron chi connectivity index (χ1n) is 7.40. The van der Waals surface area contributed by atoms with Crippen LogP contribution in [0.25, 0.3) is 0 Å². The highest BCUT2D eigenvalue weighted by atomic mass is 35.5. The predicted octanol–water partition coefficient (Wildman–Crippen LogP) is 0.631. The van der Waals surface area contributed by atoms with Crippen LogP contribution < -0.4 is 5.73 Å². The maximum atomic E-state index is 12.4. The van der Waals surface area contributed by atoms with E-state index in [1.165, 1.54) is 0 Å². The number of nitrogens with two attached hydrogens (primary N) is 1. The molecule has 0 aliphatic carbocycles. The third-order valence-electron chi connectivity index (χ3n) is 3.93. The number of carbonyl (C=O) groups is 2. The van der Waals surface area contributed by atoms with Crippen LogP contribution in [0.5, 0.6) is 0 Å². The number of likely N-dealkylation sites (tertiary alicyclic amines) is 1. The lowest BCUT2D eigenvalue weighted by Crippen LogP contribution is -2.48. The van der Waals surface area contributed by atoms with E-state index < -0.39 is 0 Å². The summed E-state index contributed by atoms with van der Waals surface area (Å²) < 4.78 is 5.15. The lowest BCUT2D eigenvalue weighted by Gasteiger charge is -2.29. The van der Waals surface area contributed by atoms with Gasteiger partial charge in [-0.1, -0.05) is 0 Å². The van der Waals surface area contributed by atoms with Crippen molar-refractivity contribution in [2.45, 2.75) is 45.3 Å². The molecule has 1 aliphatic rings. The number of likely N-dealkylation sites (N-methyl/N-ethyl adjacent to an activating group) is 1. The number of rotatable bonds is 7. The number of amides is 2. The molecule has 6 nitrogen and oxygen atoms in total. The number of ether oxygens (including phenoxy) is 1. The quantitative estimate of drug-likeness (QED) is 0.746. The molecular weight excluding hydrogens is 294 g/mol. The van der Waals surface area contributed by atoms with Crippen molar-refractivity contribution in [2.24, 2.45) is 5.73 Å². The van der Waals surface area contributed by atoms with Crippen molar-refractivity contribution in [1.29, 1.82) is 0 Å². The van der Waals surface area contributed by atoms with Crippen LogP contribution in [0.3, 0.4) is 0 Å². The standard InChI is InChI=1S/C14H27N3O3.ClH/c1-4-16(5-2)14(19)12-7-6-8-17(12)13(18)9-11(10-15)20-3;/h11-12H,4-10,15H2,1-3H3;1H. The Balaban J connectivity index is 0.00000400. The average molecular weight is 322 g/mol. The number of hydrogen-bond acceptors (Lipinski definition) is 4. The summed E-state index contributed by atoms with van der Waals surface area (Å²) in [4.78, 5) is 28.2. The molecule has 21 heavy (non-hydrogen) atoms. The molecule has 1 aliphatic heterocycles. The van der Waals surface area contributed by atoms with E-state index in [-0.39, 0.29) is 42.8 Å². The molecule has 2 atom stereocenters. The molecule has 1 heterocycles. The lowest BCUT2D eigenvalue weighted by atomic mass is 10.1. The van der Waals surface area contributed by atoms with Crippen molar-refractivity contribution < 1.29 is 14.3 Å². The lowest BCUT2D eigenvalue weighted by molar-refractivity contribution is -0.144. The highest BCUT2D eigenvalue weighted by Gasteiger charge is 2.36. The van der Waals surface area contributed by atoms with E-state index in [0.29, 0.717) is 26.2 Å². The van der Waals surface area contributed by atoms with Gasteiger partial charge in [0.25, 0.3) is 0 Å². The SMILES string of the molecule is CCN(CC)C(=O)C1CCCN1C(=O)CC(CN)OC.Cl. The van der Waals surface area contributed by atoms with E-state index in [9.17, 15) is 9.59 Å². The molecule has 0 spiro atoms. The highest BCUT2D eigenvalue weighted by molar-refractivity contribution is 5.88. The van der Waals surface area contributed by atoms with Gasteiger partial charge in [-0.2, -0.15) is 0 Å². The minimum atomic E-state index is -0.308. The van der Waals surface area contributed by atoms with Crippen molar-refractivity contribution in [1.82, 2.24) is 9.80 Å². The number of halogens is 1. The molecule has 7 heteroatoms. The summed E-state index contributed by atoms with van der Waals surface area (Å²) >= 11 is 0. The summed E-state index contributed by atoms with van der Waals surface area (Å²) in [7, 11) is 1.55. The first-order chi connectivity index (χ1) is 9.58. The van der Waals surface area contributed by atoms with Crippen LogP contribution in [0.4, 0.5) is 0 Å². The molecule has 0 radical (unpaired) electrons. The summed E-state index contributed by atoms with van der Waals surface area (Å²) in [6, 6.07) is -0.308. The van der Waals surface area contributed by atoms with Gasteiger partial charge in [-0.15, -0.1) is 12.4 Å². The summed E-state index contributed by atoms with van der Waals surface area (Å²) in [5.41, 5.74) is 5.55. The van der Waals surface area contributed by atoms with Crippen LogP contribution in [-0.4, -0.2) is 67.0 Å². The van der Waals surface area contributed by atoms with Crippen molar-refractivity contribution in [3.05, 3.63) is 0 Å². The Morgan fingerprint density at radius 3 is 2.48 bits per heavy atom.